The highest BCUT2D eigenvalue weighted by molar-refractivity contribution is 6.03. The molecule has 7 heteroatoms. The van der Waals surface area contributed by atoms with Crippen LogP contribution in [0.1, 0.15) is 57.3 Å². The van der Waals surface area contributed by atoms with Crippen LogP contribution in [0, 0.1) is 0 Å². The summed E-state index contributed by atoms with van der Waals surface area (Å²) in [6.07, 6.45) is 3.73. The average molecular weight is 411 g/mol. The zero-order valence-corrected chi connectivity index (χ0v) is 16.9. The van der Waals surface area contributed by atoms with Crippen LogP contribution in [0.25, 0.3) is 0 Å². The van der Waals surface area contributed by atoms with Crippen molar-refractivity contribution in [3.05, 3.63) is 53.1 Å². The van der Waals surface area contributed by atoms with E-state index in [9.17, 15) is 19.5 Å². The number of ether oxygens (including phenoxy) is 2. The second kappa shape index (κ2) is 9.91. The van der Waals surface area contributed by atoms with Crippen LogP contribution in [0.15, 0.2) is 36.4 Å². The monoisotopic (exact) mass is 411 g/mol. The summed E-state index contributed by atoms with van der Waals surface area (Å²) < 4.78 is 11.3. The number of likely N-dealkylation sites (tertiary alicyclic amines) is 1. The van der Waals surface area contributed by atoms with Crippen LogP contribution in [0.3, 0.4) is 0 Å². The minimum Gasteiger partial charge on any atom is -0.507 e. The van der Waals surface area contributed by atoms with E-state index in [4.69, 9.17) is 9.47 Å². The number of benzene rings is 2. The molecule has 0 radical (unpaired) electrons. The first-order valence-electron chi connectivity index (χ1n) is 10.0. The lowest BCUT2D eigenvalue weighted by Gasteiger charge is -2.36. The summed E-state index contributed by atoms with van der Waals surface area (Å²) in [6, 6.07) is 9.39. The minimum atomic E-state index is -0.251. The molecule has 1 saturated heterocycles. The van der Waals surface area contributed by atoms with Crippen molar-refractivity contribution in [3.8, 4) is 17.2 Å². The van der Waals surface area contributed by atoms with Crippen molar-refractivity contribution in [1.82, 2.24) is 4.90 Å². The molecule has 0 saturated carbocycles. The topological polar surface area (TPSA) is 93.1 Å². The number of hydrogen-bond acceptors (Lipinski definition) is 6. The molecule has 1 atom stereocenters. The number of hydrogen-bond donors (Lipinski definition) is 1. The average Bonchev–Trinajstić information content (AvgIpc) is 2.77. The van der Waals surface area contributed by atoms with E-state index < -0.39 is 0 Å². The zero-order chi connectivity index (χ0) is 21.5. The number of amides is 1. The minimum absolute atomic E-state index is 0.0823. The number of piperidine rings is 1. The van der Waals surface area contributed by atoms with Crippen molar-refractivity contribution in [3.63, 3.8) is 0 Å². The van der Waals surface area contributed by atoms with Crippen molar-refractivity contribution in [2.24, 2.45) is 0 Å². The quantitative estimate of drug-likeness (QED) is 0.669. The van der Waals surface area contributed by atoms with Gasteiger partial charge in [-0.3, -0.25) is 14.4 Å². The maximum atomic E-state index is 13.3. The van der Waals surface area contributed by atoms with Gasteiger partial charge < -0.3 is 19.5 Å². The highest BCUT2D eigenvalue weighted by Gasteiger charge is 2.30. The summed E-state index contributed by atoms with van der Waals surface area (Å²) in [5.41, 5.74) is 0.624. The molecular formula is C23H25NO6. The number of rotatable bonds is 8. The van der Waals surface area contributed by atoms with E-state index in [2.05, 4.69) is 0 Å². The highest BCUT2D eigenvalue weighted by atomic mass is 16.5. The van der Waals surface area contributed by atoms with Gasteiger partial charge in [-0.05, 0) is 50.5 Å². The second-order valence-electron chi connectivity index (χ2n) is 7.03. The maximum Gasteiger partial charge on any atom is 0.255 e. The number of aldehydes is 2. The van der Waals surface area contributed by atoms with Gasteiger partial charge in [0.05, 0.1) is 29.3 Å². The van der Waals surface area contributed by atoms with Gasteiger partial charge in [0, 0.05) is 6.54 Å². The van der Waals surface area contributed by atoms with Crippen molar-refractivity contribution in [1.29, 1.82) is 0 Å². The molecule has 0 spiro atoms. The van der Waals surface area contributed by atoms with Gasteiger partial charge >= 0.3 is 0 Å². The van der Waals surface area contributed by atoms with Gasteiger partial charge in [0.2, 0.25) is 0 Å². The molecule has 1 unspecified atom stereocenters. The van der Waals surface area contributed by atoms with Crippen LogP contribution >= 0.6 is 0 Å². The molecule has 1 heterocycles. The zero-order valence-electron chi connectivity index (χ0n) is 16.9. The lowest BCUT2D eigenvalue weighted by Crippen LogP contribution is -2.47. The third kappa shape index (κ3) is 4.45. The van der Waals surface area contributed by atoms with Gasteiger partial charge in [0.15, 0.2) is 12.6 Å². The number of nitrogens with zero attached hydrogens (tertiary/aromatic N) is 1. The van der Waals surface area contributed by atoms with Crippen LogP contribution in [0.5, 0.6) is 17.2 Å². The van der Waals surface area contributed by atoms with E-state index in [1.54, 1.807) is 35.2 Å². The predicted octanol–water partition coefficient (Wildman–Crippen LogP) is 3.49. The normalized spacial score (nSPS) is 16.0. The first kappa shape index (κ1) is 21.4. The van der Waals surface area contributed by atoms with Gasteiger partial charge in [0.1, 0.15) is 23.9 Å². The molecule has 158 valence electrons. The lowest BCUT2D eigenvalue weighted by atomic mass is 9.99. The molecule has 1 aliphatic rings. The van der Waals surface area contributed by atoms with E-state index >= 15 is 0 Å². The predicted molar refractivity (Wildman–Crippen MR) is 111 cm³/mol. The lowest BCUT2D eigenvalue weighted by molar-refractivity contribution is 0.0524. The van der Waals surface area contributed by atoms with Crippen molar-refractivity contribution < 1.29 is 29.0 Å². The Kier molecular flexibility index (Phi) is 7.06. The molecule has 1 amide bonds. The first-order valence-corrected chi connectivity index (χ1v) is 10.0. The van der Waals surface area contributed by atoms with E-state index in [1.807, 2.05) is 6.92 Å². The fraction of sp³-hybridized carbons (Fsp3) is 0.348. The number of carbonyl (C=O) groups excluding carboxylic acids is 3. The van der Waals surface area contributed by atoms with Gasteiger partial charge in [-0.25, -0.2) is 0 Å². The third-order valence-corrected chi connectivity index (χ3v) is 5.19. The van der Waals surface area contributed by atoms with Crippen molar-refractivity contribution >= 4 is 18.5 Å². The number of aromatic hydroxyl groups is 1. The summed E-state index contributed by atoms with van der Waals surface area (Å²) in [5, 5.41) is 9.82. The Balaban J connectivity index is 1.82. The van der Waals surface area contributed by atoms with Crippen molar-refractivity contribution in [2.75, 3.05) is 19.8 Å². The van der Waals surface area contributed by atoms with Gasteiger partial charge in [-0.15, -0.1) is 0 Å². The third-order valence-electron chi connectivity index (χ3n) is 5.19. The van der Waals surface area contributed by atoms with E-state index in [1.165, 1.54) is 6.07 Å². The molecule has 7 nitrogen and oxygen atoms in total. The Bertz CT molecular complexity index is 926. The van der Waals surface area contributed by atoms with Crippen LogP contribution in [-0.4, -0.2) is 54.3 Å². The second-order valence-corrected chi connectivity index (χ2v) is 7.03. The maximum absolute atomic E-state index is 13.3. The molecule has 0 aliphatic carbocycles. The fourth-order valence-electron chi connectivity index (χ4n) is 3.69. The van der Waals surface area contributed by atoms with Gasteiger partial charge in [-0.2, -0.15) is 0 Å². The molecular weight excluding hydrogens is 386 g/mol. The molecule has 30 heavy (non-hydrogen) atoms. The summed E-state index contributed by atoms with van der Waals surface area (Å²) in [5.74, 6) is 0.259. The summed E-state index contributed by atoms with van der Waals surface area (Å²) >= 11 is 0. The standard InChI is InChI=1S/C23H25NO6/c1-2-29-21-10-5-8-17(18(21)13-25)23(28)24-12-4-3-7-16(24)15-30-22-11-6-9-20(27)19(22)14-26/h5-6,8-11,13-14,16,27H,2-4,7,12,15H2,1H3. The largest absolute Gasteiger partial charge is 0.507 e. The molecule has 1 fully saturated rings. The molecule has 3 rings (SSSR count). The number of phenolic OH excluding ortho intramolecular Hbond substituents is 1. The Morgan fingerprint density at radius 2 is 1.77 bits per heavy atom. The summed E-state index contributed by atoms with van der Waals surface area (Å²) in [6.45, 7) is 2.93. The Labute approximate surface area is 175 Å². The summed E-state index contributed by atoms with van der Waals surface area (Å²) in [4.78, 5) is 37.9. The van der Waals surface area contributed by atoms with Gasteiger partial charge in [-0.1, -0.05) is 12.1 Å². The molecule has 2 aromatic rings. The molecule has 2 aromatic carbocycles. The fourth-order valence-corrected chi connectivity index (χ4v) is 3.69. The molecule has 0 bridgehead atoms. The summed E-state index contributed by atoms with van der Waals surface area (Å²) in [7, 11) is 0. The van der Waals surface area contributed by atoms with E-state index in [0.717, 1.165) is 19.3 Å². The molecule has 1 aliphatic heterocycles. The highest BCUT2D eigenvalue weighted by Crippen LogP contribution is 2.28. The SMILES string of the molecule is CCOc1cccc(C(=O)N2CCCCC2COc2cccc(O)c2C=O)c1C=O. The van der Waals surface area contributed by atoms with Crippen LogP contribution in [0.2, 0.25) is 0 Å². The number of carbonyl (C=O) groups is 3. The Morgan fingerprint density at radius 3 is 2.47 bits per heavy atom. The van der Waals surface area contributed by atoms with Crippen molar-refractivity contribution in [2.45, 2.75) is 32.2 Å². The van der Waals surface area contributed by atoms with Gasteiger partial charge in [0.25, 0.3) is 5.91 Å². The van der Waals surface area contributed by atoms with Crippen LogP contribution in [-0.2, 0) is 0 Å². The van der Waals surface area contributed by atoms with E-state index in [-0.39, 0.29) is 41.2 Å². The number of phenols is 1. The Morgan fingerprint density at radius 1 is 1.07 bits per heavy atom. The molecule has 1 N–H and O–H groups in total. The van der Waals surface area contributed by atoms with Crippen LogP contribution < -0.4 is 9.47 Å². The van der Waals surface area contributed by atoms with Crippen LogP contribution in [0.4, 0.5) is 0 Å². The smallest absolute Gasteiger partial charge is 0.255 e. The Hall–Kier alpha value is -3.35. The first-order chi connectivity index (χ1) is 14.6. The molecule has 0 aromatic heterocycles. The van der Waals surface area contributed by atoms with E-state index in [0.29, 0.717) is 37.0 Å².